The lowest BCUT2D eigenvalue weighted by molar-refractivity contribution is -0.384. The number of methoxy groups -OCH3 is 1. The standard InChI is InChI=1S/C12H15N3O5S2/c1-20-11-3-2-9(15(16)17)6-10(11)14-12(21)13-8-4-5-22(18,19)7-8/h2-3,6,8H,4-5,7H2,1H3,(H2,13,14,21). The van der Waals surface area contributed by atoms with Crippen LogP contribution in [0.1, 0.15) is 6.42 Å². The van der Waals surface area contributed by atoms with Crippen molar-refractivity contribution in [2.75, 3.05) is 23.9 Å². The van der Waals surface area contributed by atoms with Gasteiger partial charge < -0.3 is 15.4 Å². The SMILES string of the molecule is COc1ccc([N+](=O)[O-])cc1NC(=S)NC1CCS(=O)(=O)C1. The lowest BCUT2D eigenvalue weighted by atomic mass is 10.2. The zero-order chi connectivity index (χ0) is 16.3. The van der Waals surface area contributed by atoms with Gasteiger partial charge in [0.1, 0.15) is 5.75 Å². The van der Waals surface area contributed by atoms with Crippen molar-refractivity contribution in [3.63, 3.8) is 0 Å². The summed E-state index contributed by atoms with van der Waals surface area (Å²) < 4.78 is 27.9. The first-order valence-electron chi connectivity index (χ1n) is 6.41. The zero-order valence-corrected chi connectivity index (χ0v) is 13.4. The Bertz CT molecular complexity index is 705. The maximum atomic E-state index is 11.4. The van der Waals surface area contributed by atoms with E-state index in [1.165, 1.54) is 25.3 Å². The highest BCUT2D eigenvalue weighted by atomic mass is 32.2. The number of nitro groups is 1. The number of nitrogens with one attached hydrogen (secondary N) is 2. The molecule has 0 aliphatic carbocycles. The highest BCUT2D eigenvalue weighted by Gasteiger charge is 2.28. The van der Waals surface area contributed by atoms with E-state index in [0.717, 1.165) is 0 Å². The van der Waals surface area contributed by atoms with Crippen LogP contribution in [0.4, 0.5) is 11.4 Å². The number of ether oxygens (including phenoxy) is 1. The Balaban J connectivity index is 2.07. The van der Waals surface area contributed by atoms with Crippen molar-refractivity contribution in [1.82, 2.24) is 5.32 Å². The summed E-state index contributed by atoms with van der Waals surface area (Å²) in [6, 6.07) is 3.83. The number of thiocarbonyl (C=S) groups is 1. The molecule has 0 spiro atoms. The van der Waals surface area contributed by atoms with Gasteiger partial charge in [0.2, 0.25) is 0 Å². The molecule has 1 fully saturated rings. The highest BCUT2D eigenvalue weighted by Crippen LogP contribution is 2.28. The van der Waals surface area contributed by atoms with Crippen molar-refractivity contribution >= 4 is 38.5 Å². The topological polar surface area (TPSA) is 111 Å². The van der Waals surface area contributed by atoms with E-state index in [2.05, 4.69) is 10.6 Å². The summed E-state index contributed by atoms with van der Waals surface area (Å²) in [5.74, 6) is 0.558. The quantitative estimate of drug-likeness (QED) is 0.474. The monoisotopic (exact) mass is 345 g/mol. The Morgan fingerprint density at radius 2 is 2.23 bits per heavy atom. The first-order valence-corrected chi connectivity index (χ1v) is 8.64. The Morgan fingerprint density at radius 1 is 1.50 bits per heavy atom. The van der Waals surface area contributed by atoms with Crippen molar-refractivity contribution in [3.8, 4) is 5.75 Å². The number of sulfone groups is 1. The molecule has 22 heavy (non-hydrogen) atoms. The molecule has 1 aromatic carbocycles. The summed E-state index contributed by atoms with van der Waals surface area (Å²) in [5, 5.41) is 16.7. The van der Waals surface area contributed by atoms with Crippen molar-refractivity contribution in [1.29, 1.82) is 0 Å². The summed E-state index contributed by atoms with van der Waals surface area (Å²) in [7, 11) is -1.57. The zero-order valence-electron chi connectivity index (χ0n) is 11.7. The number of nitrogens with zero attached hydrogens (tertiary/aromatic N) is 1. The molecule has 2 rings (SSSR count). The van der Waals surface area contributed by atoms with Gasteiger partial charge in [-0.2, -0.15) is 0 Å². The largest absolute Gasteiger partial charge is 0.495 e. The lowest BCUT2D eigenvalue weighted by Gasteiger charge is -2.16. The van der Waals surface area contributed by atoms with Crippen LogP contribution in [0.15, 0.2) is 18.2 Å². The number of rotatable bonds is 4. The molecule has 1 saturated heterocycles. The van der Waals surface area contributed by atoms with Gasteiger partial charge in [0.05, 0.1) is 29.2 Å². The molecule has 1 heterocycles. The molecule has 120 valence electrons. The number of nitro benzene ring substituents is 1. The summed E-state index contributed by atoms with van der Waals surface area (Å²) in [6.07, 6.45) is 0.482. The average Bonchev–Trinajstić information content (AvgIpc) is 2.77. The number of benzene rings is 1. The van der Waals surface area contributed by atoms with E-state index in [0.29, 0.717) is 17.9 Å². The summed E-state index contributed by atoms with van der Waals surface area (Å²) >= 11 is 5.12. The van der Waals surface area contributed by atoms with Crippen LogP contribution in [0.3, 0.4) is 0 Å². The molecule has 0 aromatic heterocycles. The van der Waals surface area contributed by atoms with E-state index in [1.54, 1.807) is 0 Å². The predicted octanol–water partition coefficient (Wildman–Crippen LogP) is 1.08. The first kappa shape index (κ1) is 16.4. The summed E-state index contributed by atoms with van der Waals surface area (Å²) in [6.45, 7) is 0. The van der Waals surface area contributed by atoms with E-state index < -0.39 is 14.8 Å². The van der Waals surface area contributed by atoms with Crippen molar-refractivity contribution in [2.24, 2.45) is 0 Å². The molecule has 1 aromatic rings. The van der Waals surface area contributed by atoms with Crippen LogP contribution in [-0.2, 0) is 9.84 Å². The fraction of sp³-hybridized carbons (Fsp3) is 0.417. The summed E-state index contributed by atoms with van der Waals surface area (Å²) in [5.41, 5.74) is 0.240. The van der Waals surface area contributed by atoms with Crippen LogP contribution in [0.25, 0.3) is 0 Å². The summed E-state index contributed by atoms with van der Waals surface area (Å²) in [4.78, 5) is 10.3. The second-order valence-corrected chi connectivity index (χ2v) is 7.48. The second-order valence-electron chi connectivity index (χ2n) is 4.84. The Morgan fingerprint density at radius 3 is 2.77 bits per heavy atom. The minimum atomic E-state index is -3.01. The van der Waals surface area contributed by atoms with Crippen molar-refractivity contribution in [3.05, 3.63) is 28.3 Å². The Kier molecular flexibility index (Phi) is 4.81. The third kappa shape index (κ3) is 4.04. The molecule has 2 N–H and O–H groups in total. The average molecular weight is 345 g/mol. The number of anilines is 1. The fourth-order valence-corrected chi connectivity index (χ4v) is 4.11. The predicted molar refractivity (Wildman–Crippen MR) is 86.1 cm³/mol. The normalized spacial score (nSPS) is 19.4. The Labute approximate surface area is 132 Å². The maximum absolute atomic E-state index is 11.4. The molecule has 0 saturated carbocycles. The van der Waals surface area contributed by atoms with Gasteiger partial charge in [0, 0.05) is 18.2 Å². The van der Waals surface area contributed by atoms with E-state index in [1.807, 2.05) is 0 Å². The van der Waals surface area contributed by atoms with Gasteiger partial charge in [0.25, 0.3) is 5.69 Å². The van der Waals surface area contributed by atoms with Crippen LogP contribution < -0.4 is 15.4 Å². The van der Waals surface area contributed by atoms with Crippen LogP contribution in [0, 0.1) is 10.1 Å². The van der Waals surface area contributed by atoms with Gasteiger partial charge in [-0.15, -0.1) is 0 Å². The Hall–Kier alpha value is -1.94. The van der Waals surface area contributed by atoms with E-state index in [-0.39, 0.29) is 28.3 Å². The third-order valence-electron chi connectivity index (χ3n) is 3.21. The van der Waals surface area contributed by atoms with Crippen LogP contribution in [0.2, 0.25) is 0 Å². The second kappa shape index (κ2) is 6.44. The number of hydrogen-bond acceptors (Lipinski definition) is 6. The first-order chi connectivity index (χ1) is 10.3. The van der Waals surface area contributed by atoms with Crippen molar-refractivity contribution < 1.29 is 18.1 Å². The van der Waals surface area contributed by atoms with Gasteiger partial charge in [-0.25, -0.2) is 8.42 Å². The van der Waals surface area contributed by atoms with Gasteiger partial charge in [-0.05, 0) is 24.7 Å². The lowest BCUT2D eigenvalue weighted by Crippen LogP contribution is -2.38. The molecule has 0 amide bonds. The maximum Gasteiger partial charge on any atom is 0.271 e. The van der Waals surface area contributed by atoms with E-state index >= 15 is 0 Å². The van der Waals surface area contributed by atoms with Gasteiger partial charge in [0.15, 0.2) is 14.9 Å². The molecule has 1 atom stereocenters. The molecule has 1 aliphatic rings. The van der Waals surface area contributed by atoms with Crippen LogP contribution in [-0.4, -0.2) is 43.1 Å². The van der Waals surface area contributed by atoms with E-state index in [9.17, 15) is 18.5 Å². The molecule has 10 heteroatoms. The molecule has 8 nitrogen and oxygen atoms in total. The number of non-ortho nitro benzene ring substituents is 1. The number of hydrogen-bond donors (Lipinski definition) is 2. The van der Waals surface area contributed by atoms with E-state index in [4.69, 9.17) is 17.0 Å². The van der Waals surface area contributed by atoms with Gasteiger partial charge in [-0.1, -0.05) is 0 Å². The molecule has 1 aliphatic heterocycles. The fourth-order valence-electron chi connectivity index (χ4n) is 2.16. The minimum absolute atomic E-state index is 0.0287. The third-order valence-corrected chi connectivity index (χ3v) is 5.20. The molecule has 0 radical (unpaired) electrons. The molecule has 1 unspecified atom stereocenters. The molecule has 0 bridgehead atoms. The highest BCUT2D eigenvalue weighted by molar-refractivity contribution is 7.91. The molecular weight excluding hydrogens is 330 g/mol. The van der Waals surface area contributed by atoms with Crippen LogP contribution in [0.5, 0.6) is 5.75 Å². The minimum Gasteiger partial charge on any atom is -0.495 e. The van der Waals surface area contributed by atoms with Crippen molar-refractivity contribution in [2.45, 2.75) is 12.5 Å². The molecular formula is C12H15N3O5S2. The van der Waals surface area contributed by atoms with Gasteiger partial charge >= 0.3 is 0 Å². The van der Waals surface area contributed by atoms with Gasteiger partial charge in [-0.3, -0.25) is 10.1 Å². The van der Waals surface area contributed by atoms with Crippen LogP contribution >= 0.6 is 12.2 Å². The smallest absolute Gasteiger partial charge is 0.271 e.